The summed E-state index contributed by atoms with van der Waals surface area (Å²) >= 11 is 6.16. The number of rotatable bonds is 7. The molecule has 5 nitrogen and oxygen atoms in total. The number of sulfonamides is 1. The van der Waals surface area contributed by atoms with Crippen LogP contribution in [0, 0.1) is 6.92 Å². The Hall–Kier alpha value is -2.83. The number of hydrogen-bond donors (Lipinski definition) is 2. The van der Waals surface area contributed by atoms with Gasteiger partial charge in [0.1, 0.15) is 4.90 Å². The van der Waals surface area contributed by atoms with Crippen LogP contribution in [0.3, 0.4) is 0 Å². The van der Waals surface area contributed by atoms with Crippen LogP contribution in [0.4, 0.5) is 5.69 Å². The second-order valence-corrected chi connectivity index (χ2v) is 9.02. The summed E-state index contributed by atoms with van der Waals surface area (Å²) in [6.45, 7) is 3.84. The van der Waals surface area contributed by atoms with Crippen LogP contribution in [0.25, 0.3) is 0 Å². The molecule has 1 atom stereocenters. The lowest BCUT2D eigenvalue weighted by Gasteiger charge is -2.18. The Labute approximate surface area is 182 Å². The minimum atomic E-state index is -3.96. The minimum absolute atomic E-state index is 0.0433. The molecule has 2 N–H and O–H groups in total. The predicted molar refractivity (Wildman–Crippen MR) is 120 cm³/mol. The summed E-state index contributed by atoms with van der Waals surface area (Å²) in [7, 11) is -3.96. The Morgan fingerprint density at radius 2 is 1.73 bits per heavy atom. The summed E-state index contributed by atoms with van der Waals surface area (Å²) < 4.78 is 28.3. The first kappa shape index (κ1) is 21.9. The van der Waals surface area contributed by atoms with Crippen LogP contribution in [-0.2, 0) is 10.0 Å². The quantitative estimate of drug-likeness (QED) is 0.519. The monoisotopic (exact) mass is 442 g/mol. The molecule has 0 saturated carbocycles. The van der Waals surface area contributed by atoms with Crippen LogP contribution < -0.4 is 10.0 Å². The van der Waals surface area contributed by atoms with Crippen LogP contribution in [0.1, 0.15) is 40.9 Å². The first-order valence-corrected chi connectivity index (χ1v) is 11.4. The molecule has 0 aromatic heterocycles. The largest absolute Gasteiger partial charge is 0.345 e. The molecule has 0 saturated heterocycles. The van der Waals surface area contributed by atoms with Crippen molar-refractivity contribution in [3.8, 4) is 0 Å². The van der Waals surface area contributed by atoms with E-state index in [1.54, 1.807) is 18.2 Å². The van der Waals surface area contributed by atoms with E-state index in [1.807, 2.05) is 50.2 Å². The summed E-state index contributed by atoms with van der Waals surface area (Å²) in [6, 6.07) is 20.7. The Balaban J connectivity index is 1.86. The average molecular weight is 443 g/mol. The lowest BCUT2D eigenvalue weighted by atomic mass is 10.0. The highest BCUT2D eigenvalue weighted by Crippen LogP contribution is 2.26. The molecule has 156 valence electrons. The van der Waals surface area contributed by atoms with Crippen molar-refractivity contribution < 1.29 is 13.2 Å². The van der Waals surface area contributed by atoms with E-state index in [2.05, 4.69) is 10.0 Å². The Bertz CT molecular complexity index is 1150. The van der Waals surface area contributed by atoms with Crippen molar-refractivity contribution in [2.45, 2.75) is 31.2 Å². The first-order chi connectivity index (χ1) is 14.3. The van der Waals surface area contributed by atoms with Gasteiger partial charge in [-0.15, -0.1) is 0 Å². The van der Waals surface area contributed by atoms with Crippen LogP contribution in [-0.4, -0.2) is 14.3 Å². The highest BCUT2D eigenvalue weighted by molar-refractivity contribution is 7.92. The van der Waals surface area contributed by atoms with Gasteiger partial charge in [-0.1, -0.05) is 61.0 Å². The number of benzene rings is 3. The van der Waals surface area contributed by atoms with Gasteiger partial charge in [-0.2, -0.15) is 0 Å². The fourth-order valence-electron chi connectivity index (χ4n) is 3.12. The number of halogens is 1. The SMILES string of the molecule is CC[C@@H](NC(=O)c1ccc(Cl)c(S(=O)(=O)Nc2cccc(C)c2)c1)c1ccccc1. The summed E-state index contributed by atoms with van der Waals surface area (Å²) in [4.78, 5) is 12.7. The van der Waals surface area contributed by atoms with Gasteiger partial charge < -0.3 is 5.32 Å². The molecule has 0 aliphatic heterocycles. The normalized spacial score (nSPS) is 12.2. The molecule has 0 heterocycles. The molecule has 0 radical (unpaired) electrons. The van der Waals surface area contributed by atoms with Gasteiger partial charge in [0.15, 0.2) is 0 Å². The first-order valence-electron chi connectivity index (χ1n) is 9.55. The van der Waals surface area contributed by atoms with Gasteiger partial charge in [0.2, 0.25) is 0 Å². The highest BCUT2D eigenvalue weighted by Gasteiger charge is 2.21. The molecule has 0 bridgehead atoms. The summed E-state index contributed by atoms with van der Waals surface area (Å²) in [5.41, 5.74) is 2.55. The van der Waals surface area contributed by atoms with Crippen LogP contribution >= 0.6 is 11.6 Å². The molecule has 0 aliphatic rings. The van der Waals surface area contributed by atoms with E-state index in [0.717, 1.165) is 11.1 Å². The number of aryl methyl sites for hydroxylation is 1. The van der Waals surface area contributed by atoms with Crippen molar-refractivity contribution in [2.75, 3.05) is 4.72 Å². The Morgan fingerprint density at radius 3 is 2.40 bits per heavy atom. The third-order valence-corrected chi connectivity index (χ3v) is 6.53. The maximum absolute atomic E-state index is 12.9. The van der Waals surface area contributed by atoms with Gasteiger partial charge in [0.05, 0.1) is 11.1 Å². The number of hydrogen-bond acceptors (Lipinski definition) is 3. The van der Waals surface area contributed by atoms with Gasteiger partial charge in [-0.25, -0.2) is 8.42 Å². The molecule has 7 heteroatoms. The van der Waals surface area contributed by atoms with E-state index in [-0.39, 0.29) is 27.4 Å². The zero-order chi connectivity index (χ0) is 21.7. The fourth-order valence-corrected chi connectivity index (χ4v) is 4.69. The molecular weight excluding hydrogens is 420 g/mol. The second-order valence-electron chi connectivity index (χ2n) is 6.97. The molecular formula is C23H23ClN2O3S. The number of carbonyl (C=O) groups is 1. The van der Waals surface area contributed by atoms with Crippen molar-refractivity contribution in [1.29, 1.82) is 0 Å². The van der Waals surface area contributed by atoms with E-state index in [9.17, 15) is 13.2 Å². The molecule has 3 rings (SSSR count). The third-order valence-electron chi connectivity index (χ3n) is 4.67. The topological polar surface area (TPSA) is 75.3 Å². The van der Waals surface area contributed by atoms with E-state index in [4.69, 9.17) is 11.6 Å². The number of carbonyl (C=O) groups excluding carboxylic acids is 1. The predicted octanol–water partition coefficient (Wildman–Crippen LogP) is 5.33. The summed E-state index contributed by atoms with van der Waals surface area (Å²) in [5.74, 6) is -0.366. The molecule has 3 aromatic rings. The van der Waals surface area contributed by atoms with Crippen molar-refractivity contribution in [2.24, 2.45) is 0 Å². The average Bonchev–Trinajstić information content (AvgIpc) is 2.72. The van der Waals surface area contributed by atoms with Crippen molar-refractivity contribution in [1.82, 2.24) is 5.32 Å². The number of anilines is 1. The maximum atomic E-state index is 12.9. The molecule has 3 aromatic carbocycles. The fraction of sp³-hybridized carbons (Fsp3) is 0.174. The molecule has 1 amide bonds. The number of nitrogens with one attached hydrogen (secondary N) is 2. The van der Waals surface area contributed by atoms with E-state index >= 15 is 0 Å². The lowest BCUT2D eigenvalue weighted by Crippen LogP contribution is -2.28. The Morgan fingerprint density at radius 1 is 1.00 bits per heavy atom. The third kappa shape index (κ3) is 5.20. The molecule has 0 aliphatic carbocycles. The van der Waals surface area contributed by atoms with Gasteiger partial charge in [-0.05, 0) is 54.8 Å². The molecule has 0 spiro atoms. The minimum Gasteiger partial charge on any atom is -0.345 e. The van der Waals surface area contributed by atoms with Crippen molar-refractivity contribution in [3.63, 3.8) is 0 Å². The summed E-state index contributed by atoms with van der Waals surface area (Å²) in [5, 5.41) is 3.00. The van der Waals surface area contributed by atoms with Gasteiger partial charge >= 0.3 is 0 Å². The molecule has 30 heavy (non-hydrogen) atoms. The zero-order valence-corrected chi connectivity index (χ0v) is 18.3. The second kappa shape index (κ2) is 9.32. The van der Waals surface area contributed by atoms with E-state index < -0.39 is 10.0 Å². The maximum Gasteiger partial charge on any atom is 0.263 e. The highest BCUT2D eigenvalue weighted by atomic mass is 35.5. The smallest absolute Gasteiger partial charge is 0.263 e. The van der Waals surface area contributed by atoms with Crippen LogP contribution in [0.2, 0.25) is 5.02 Å². The van der Waals surface area contributed by atoms with Gasteiger partial charge in [-0.3, -0.25) is 9.52 Å². The van der Waals surface area contributed by atoms with E-state index in [1.165, 1.54) is 18.2 Å². The van der Waals surface area contributed by atoms with Gasteiger partial charge in [0, 0.05) is 11.3 Å². The molecule has 0 fully saturated rings. The molecule has 0 unspecified atom stereocenters. The summed E-state index contributed by atoms with van der Waals surface area (Å²) in [6.07, 6.45) is 0.698. The van der Waals surface area contributed by atoms with Crippen molar-refractivity contribution in [3.05, 3.63) is 94.5 Å². The van der Waals surface area contributed by atoms with Crippen LogP contribution in [0.5, 0.6) is 0 Å². The van der Waals surface area contributed by atoms with Crippen LogP contribution in [0.15, 0.2) is 77.7 Å². The van der Waals surface area contributed by atoms with E-state index in [0.29, 0.717) is 12.1 Å². The zero-order valence-electron chi connectivity index (χ0n) is 16.7. The number of amides is 1. The standard InChI is InChI=1S/C23H23ClN2O3S/c1-3-21(17-9-5-4-6-10-17)25-23(27)18-12-13-20(24)22(15-18)30(28,29)26-19-11-7-8-16(2)14-19/h4-15,21,26H,3H2,1-2H3,(H,25,27)/t21-/m1/s1. The van der Waals surface area contributed by atoms with Gasteiger partial charge in [0.25, 0.3) is 15.9 Å². The van der Waals surface area contributed by atoms with Crippen molar-refractivity contribution >= 4 is 33.2 Å². The Kier molecular flexibility index (Phi) is 6.80. The lowest BCUT2D eigenvalue weighted by molar-refractivity contribution is 0.0935.